The Kier molecular flexibility index (Phi) is 6.07. The second kappa shape index (κ2) is 8.31. The van der Waals surface area contributed by atoms with Crippen molar-refractivity contribution in [2.24, 2.45) is 0 Å². The van der Waals surface area contributed by atoms with Gasteiger partial charge in [-0.2, -0.15) is 0 Å². The van der Waals surface area contributed by atoms with Crippen molar-refractivity contribution in [3.05, 3.63) is 42.0 Å². The Morgan fingerprint density at radius 2 is 1.63 bits per heavy atom. The Labute approximate surface area is 168 Å². The second-order valence-corrected chi connectivity index (χ2v) is 7.75. The standard InChI is InChI=1S/C20H22ClNO4S/c1-5-27-14-8-6-12(7-9-14)18-17(21)20(23)22(18)13-10-15(24-2)19(26-4)16(11-13)25-3/h6-11,17-18H,5H2,1-4H3. The van der Waals surface area contributed by atoms with Crippen LogP contribution in [0, 0.1) is 0 Å². The van der Waals surface area contributed by atoms with Crippen molar-refractivity contribution in [2.45, 2.75) is 23.2 Å². The lowest BCUT2D eigenvalue weighted by molar-refractivity contribution is -0.123. The minimum Gasteiger partial charge on any atom is -0.493 e. The number of hydrogen-bond donors (Lipinski definition) is 0. The summed E-state index contributed by atoms with van der Waals surface area (Å²) in [6.07, 6.45) is 0. The molecule has 1 aliphatic rings. The van der Waals surface area contributed by atoms with Gasteiger partial charge in [-0.3, -0.25) is 4.79 Å². The summed E-state index contributed by atoms with van der Waals surface area (Å²) >= 11 is 8.14. The van der Waals surface area contributed by atoms with Gasteiger partial charge in [0.1, 0.15) is 5.38 Å². The van der Waals surface area contributed by atoms with Crippen LogP contribution < -0.4 is 19.1 Å². The molecule has 1 aliphatic heterocycles. The van der Waals surface area contributed by atoms with E-state index in [-0.39, 0.29) is 11.9 Å². The third-order valence-corrected chi connectivity index (χ3v) is 5.81. The Bertz CT molecular complexity index is 802. The Morgan fingerprint density at radius 3 is 2.11 bits per heavy atom. The predicted octanol–water partition coefficient (Wildman–Crippen LogP) is 4.52. The number of rotatable bonds is 7. The van der Waals surface area contributed by atoms with Crippen molar-refractivity contribution in [1.82, 2.24) is 0 Å². The van der Waals surface area contributed by atoms with E-state index < -0.39 is 5.38 Å². The average Bonchev–Trinajstić information content (AvgIpc) is 2.71. The number of ether oxygens (including phenoxy) is 3. The van der Waals surface area contributed by atoms with E-state index in [1.165, 1.54) is 4.90 Å². The number of methoxy groups -OCH3 is 3. The van der Waals surface area contributed by atoms with E-state index in [2.05, 4.69) is 19.1 Å². The van der Waals surface area contributed by atoms with Crippen LogP contribution in [0.25, 0.3) is 0 Å². The number of β-lactam (4-membered cyclic amide) rings is 1. The average molecular weight is 408 g/mol. The van der Waals surface area contributed by atoms with E-state index >= 15 is 0 Å². The maximum absolute atomic E-state index is 12.5. The normalized spacial score (nSPS) is 18.9. The molecule has 27 heavy (non-hydrogen) atoms. The quantitative estimate of drug-likeness (QED) is 0.383. The van der Waals surface area contributed by atoms with Crippen LogP contribution in [0.15, 0.2) is 41.3 Å². The first-order chi connectivity index (χ1) is 13.0. The number of hydrogen-bond acceptors (Lipinski definition) is 5. The highest BCUT2D eigenvalue weighted by Crippen LogP contribution is 2.47. The fourth-order valence-electron chi connectivity index (χ4n) is 3.19. The van der Waals surface area contributed by atoms with Gasteiger partial charge in [0.05, 0.1) is 33.1 Å². The lowest BCUT2D eigenvalue weighted by Crippen LogP contribution is -2.56. The first kappa shape index (κ1) is 19.7. The van der Waals surface area contributed by atoms with Gasteiger partial charge in [-0.1, -0.05) is 19.1 Å². The number of nitrogens with zero attached hydrogens (tertiary/aromatic N) is 1. The van der Waals surface area contributed by atoms with Gasteiger partial charge in [-0.25, -0.2) is 0 Å². The monoisotopic (exact) mass is 407 g/mol. The van der Waals surface area contributed by atoms with Gasteiger partial charge >= 0.3 is 0 Å². The highest BCUT2D eigenvalue weighted by molar-refractivity contribution is 7.99. The summed E-state index contributed by atoms with van der Waals surface area (Å²) in [5.41, 5.74) is 1.65. The molecule has 2 atom stereocenters. The number of carbonyl (C=O) groups is 1. The molecular formula is C20H22ClNO4S. The summed E-state index contributed by atoms with van der Waals surface area (Å²) in [7, 11) is 4.64. The lowest BCUT2D eigenvalue weighted by Gasteiger charge is -2.44. The Hall–Kier alpha value is -2.05. The van der Waals surface area contributed by atoms with Crippen LogP contribution in [0.3, 0.4) is 0 Å². The van der Waals surface area contributed by atoms with Crippen molar-refractivity contribution in [1.29, 1.82) is 0 Å². The van der Waals surface area contributed by atoms with Crippen LogP contribution in [0.2, 0.25) is 0 Å². The smallest absolute Gasteiger partial charge is 0.248 e. The van der Waals surface area contributed by atoms with Gasteiger partial charge in [0, 0.05) is 17.0 Å². The minimum absolute atomic E-state index is 0.150. The number of amides is 1. The molecule has 3 rings (SSSR count). The molecule has 0 saturated carbocycles. The van der Waals surface area contributed by atoms with Crippen molar-refractivity contribution >= 4 is 35.0 Å². The summed E-state index contributed by atoms with van der Waals surface area (Å²) in [6.45, 7) is 2.12. The second-order valence-electron chi connectivity index (χ2n) is 5.94. The Morgan fingerprint density at radius 1 is 1.04 bits per heavy atom. The maximum Gasteiger partial charge on any atom is 0.248 e. The number of halogens is 1. The molecule has 5 nitrogen and oxygen atoms in total. The van der Waals surface area contributed by atoms with E-state index in [1.54, 1.807) is 50.1 Å². The molecular weight excluding hydrogens is 386 g/mol. The molecule has 1 fully saturated rings. The van der Waals surface area contributed by atoms with Crippen LogP contribution in [0.4, 0.5) is 5.69 Å². The molecule has 0 spiro atoms. The molecule has 0 aromatic heterocycles. The lowest BCUT2D eigenvalue weighted by atomic mass is 9.92. The fraction of sp³-hybridized carbons (Fsp3) is 0.350. The highest BCUT2D eigenvalue weighted by Gasteiger charge is 2.48. The SMILES string of the molecule is CCSc1ccc(C2C(Cl)C(=O)N2c2cc(OC)c(OC)c(OC)c2)cc1. The van der Waals surface area contributed by atoms with Gasteiger partial charge < -0.3 is 19.1 Å². The predicted molar refractivity (Wildman–Crippen MR) is 109 cm³/mol. The molecule has 0 bridgehead atoms. The van der Waals surface area contributed by atoms with E-state index in [0.29, 0.717) is 22.9 Å². The molecule has 2 aromatic rings. The fourth-order valence-corrected chi connectivity index (χ4v) is 4.22. The summed E-state index contributed by atoms with van der Waals surface area (Å²) in [5.74, 6) is 2.33. The van der Waals surface area contributed by atoms with Crippen molar-refractivity contribution in [3.8, 4) is 17.2 Å². The molecule has 2 aromatic carbocycles. The van der Waals surface area contributed by atoms with Crippen LogP contribution in [-0.4, -0.2) is 38.4 Å². The third kappa shape index (κ3) is 3.56. The van der Waals surface area contributed by atoms with E-state index in [4.69, 9.17) is 25.8 Å². The first-order valence-corrected chi connectivity index (χ1v) is 9.97. The highest BCUT2D eigenvalue weighted by atomic mass is 35.5. The molecule has 0 N–H and O–H groups in total. The molecule has 144 valence electrons. The summed E-state index contributed by atoms with van der Waals surface area (Å²) < 4.78 is 16.2. The first-order valence-electron chi connectivity index (χ1n) is 8.55. The van der Waals surface area contributed by atoms with Crippen LogP contribution in [0.5, 0.6) is 17.2 Å². The number of carbonyl (C=O) groups excluding carboxylic acids is 1. The summed E-state index contributed by atoms with van der Waals surface area (Å²) in [5, 5.41) is -0.603. The number of alkyl halides is 1. The van der Waals surface area contributed by atoms with Crippen molar-refractivity contribution < 1.29 is 19.0 Å². The number of anilines is 1. The minimum atomic E-state index is -0.603. The van der Waals surface area contributed by atoms with Gasteiger partial charge in [-0.05, 0) is 23.4 Å². The number of thioether (sulfide) groups is 1. The molecule has 2 unspecified atom stereocenters. The van der Waals surface area contributed by atoms with Crippen molar-refractivity contribution in [3.63, 3.8) is 0 Å². The van der Waals surface area contributed by atoms with Gasteiger partial charge in [0.15, 0.2) is 11.5 Å². The zero-order chi connectivity index (χ0) is 19.6. The summed E-state index contributed by atoms with van der Waals surface area (Å²) in [6, 6.07) is 11.4. The van der Waals surface area contributed by atoms with Gasteiger partial charge in [0.2, 0.25) is 11.7 Å². The van der Waals surface area contributed by atoms with E-state index in [0.717, 1.165) is 11.3 Å². The molecule has 1 heterocycles. The topological polar surface area (TPSA) is 48.0 Å². The van der Waals surface area contributed by atoms with Gasteiger partial charge in [-0.15, -0.1) is 23.4 Å². The zero-order valence-corrected chi connectivity index (χ0v) is 17.3. The van der Waals surface area contributed by atoms with Crippen molar-refractivity contribution in [2.75, 3.05) is 32.0 Å². The molecule has 0 aliphatic carbocycles. The molecule has 0 radical (unpaired) electrons. The van der Waals surface area contributed by atoms with E-state index in [1.807, 2.05) is 12.1 Å². The zero-order valence-electron chi connectivity index (χ0n) is 15.7. The van der Waals surface area contributed by atoms with Crippen LogP contribution >= 0.6 is 23.4 Å². The molecule has 1 saturated heterocycles. The van der Waals surface area contributed by atoms with E-state index in [9.17, 15) is 4.79 Å². The molecule has 7 heteroatoms. The van der Waals surface area contributed by atoms with Gasteiger partial charge in [0.25, 0.3) is 0 Å². The largest absolute Gasteiger partial charge is 0.493 e. The van der Waals surface area contributed by atoms with Crippen LogP contribution in [-0.2, 0) is 4.79 Å². The maximum atomic E-state index is 12.5. The van der Waals surface area contributed by atoms with Crippen LogP contribution in [0.1, 0.15) is 18.5 Å². The third-order valence-electron chi connectivity index (χ3n) is 4.49. The summed E-state index contributed by atoms with van der Waals surface area (Å²) in [4.78, 5) is 15.4. The number of benzene rings is 2. The Balaban J connectivity index is 1.98. The molecule has 1 amide bonds.